The summed E-state index contributed by atoms with van der Waals surface area (Å²) in [6.45, 7) is 2.32. The number of rotatable bonds is 4. The van der Waals surface area contributed by atoms with Gasteiger partial charge in [-0.1, -0.05) is 12.8 Å². The van der Waals surface area contributed by atoms with Crippen molar-refractivity contribution in [1.82, 2.24) is 10.6 Å². The fourth-order valence-corrected chi connectivity index (χ4v) is 2.06. The van der Waals surface area contributed by atoms with E-state index >= 15 is 0 Å². The highest BCUT2D eigenvalue weighted by Crippen LogP contribution is 2.18. The number of carbonyl (C=O) groups is 1. The standard InChI is InChI=1S/C10H20N2O2/c1-8(14)12-10-5-3-2-4-9(10)11-6-7-13/h9-11,13H,2-7H2,1H3,(H,12,14)/t9-,10-/m1/s1. The molecule has 1 amide bonds. The fraction of sp³-hybridized carbons (Fsp3) is 0.900. The van der Waals surface area contributed by atoms with Crippen LogP contribution >= 0.6 is 0 Å². The van der Waals surface area contributed by atoms with Crippen molar-refractivity contribution < 1.29 is 9.90 Å². The number of hydrogen-bond donors (Lipinski definition) is 3. The van der Waals surface area contributed by atoms with Gasteiger partial charge in [-0.15, -0.1) is 0 Å². The van der Waals surface area contributed by atoms with Gasteiger partial charge in [-0.05, 0) is 12.8 Å². The highest BCUT2D eigenvalue weighted by molar-refractivity contribution is 5.73. The van der Waals surface area contributed by atoms with Crippen molar-refractivity contribution in [2.45, 2.75) is 44.7 Å². The van der Waals surface area contributed by atoms with E-state index in [4.69, 9.17) is 5.11 Å². The van der Waals surface area contributed by atoms with Crippen LogP contribution in [0.25, 0.3) is 0 Å². The minimum atomic E-state index is 0.0349. The molecule has 0 aromatic carbocycles. The summed E-state index contributed by atoms with van der Waals surface area (Å²) in [5.41, 5.74) is 0. The van der Waals surface area contributed by atoms with Crippen molar-refractivity contribution in [3.05, 3.63) is 0 Å². The fourth-order valence-electron chi connectivity index (χ4n) is 2.06. The third kappa shape index (κ3) is 3.64. The lowest BCUT2D eigenvalue weighted by Crippen LogP contribution is -2.51. The van der Waals surface area contributed by atoms with E-state index in [1.807, 2.05) is 0 Å². The molecule has 1 aliphatic rings. The van der Waals surface area contributed by atoms with Crippen molar-refractivity contribution >= 4 is 5.91 Å². The molecule has 0 heterocycles. The van der Waals surface area contributed by atoms with Crippen LogP contribution in [0, 0.1) is 0 Å². The Morgan fingerprint density at radius 2 is 2.00 bits per heavy atom. The molecule has 4 heteroatoms. The lowest BCUT2D eigenvalue weighted by Gasteiger charge is -2.32. The van der Waals surface area contributed by atoms with Crippen molar-refractivity contribution in [3.8, 4) is 0 Å². The lowest BCUT2D eigenvalue weighted by molar-refractivity contribution is -0.120. The molecular weight excluding hydrogens is 180 g/mol. The summed E-state index contributed by atoms with van der Waals surface area (Å²) in [4.78, 5) is 10.9. The monoisotopic (exact) mass is 200 g/mol. The van der Waals surface area contributed by atoms with Gasteiger partial charge >= 0.3 is 0 Å². The molecule has 1 aliphatic carbocycles. The summed E-state index contributed by atoms with van der Waals surface area (Å²) in [7, 11) is 0. The van der Waals surface area contributed by atoms with Crippen molar-refractivity contribution in [3.63, 3.8) is 0 Å². The van der Waals surface area contributed by atoms with Gasteiger partial charge in [0.25, 0.3) is 0 Å². The minimum Gasteiger partial charge on any atom is -0.395 e. The highest BCUT2D eigenvalue weighted by atomic mass is 16.3. The van der Waals surface area contributed by atoms with Gasteiger partial charge in [0.15, 0.2) is 0 Å². The molecule has 0 aliphatic heterocycles. The zero-order valence-electron chi connectivity index (χ0n) is 8.75. The molecular formula is C10H20N2O2. The third-order valence-corrected chi connectivity index (χ3v) is 2.67. The Hall–Kier alpha value is -0.610. The van der Waals surface area contributed by atoms with Gasteiger partial charge in [0.1, 0.15) is 0 Å². The Balaban J connectivity index is 2.37. The summed E-state index contributed by atoms with van der Waals surface area (Å²) in [6, 6.07) is 0.576. The highest BCUT2D eigenvalue weighted by Gasteiger charge is 2.24. The first-order chi connectivity index (χ1) is 6.74. The van der Waals surface area contributed by atoms with E-state index in [-0.39, 0.29) is 18.6 Å². The molecule has 1 fully saturated rings. The molecule has 0 spiro atoms. The van der Waals surface area contributed by atoms with Crippen LogP contribution in [0.15, 0.2) is 0 Å². The normalized spacial score (nSPS) is 27.3. The van der Waals surface area contributed by atoms with Crippen LogP contribution in [0.4, 0.5) is 0 Å². The molecule has 0 unspecified atom stereocenters. The van der Waals surface area contributed by atoms with Gasteiger partial charge in [0.2, 0.25) is 5.91 Å². The van der Waals surface area contributed by atoms with Crippen LogP contribution in [0.1, 0.15) is 32.6 Å². The summed E-state index contributed by atoms with van der Waals surface area (Å²) in [5, 5.41) is 14.9. The van der Waals surface area contributed by atoms with Crippen LogP contribution in [-0.4, -0.2) is 36.2 Å². The largest absolute Gasteiger partial charge is 0.395 e. The Morgan fingerprint density at radius 3 is 2.57 bits per heavy atom. The van der Waals surface area contributed by atoms with Gasteiger partial charge < -0.3 is 15.7 Å². The van der Waals surface area contributed by atoms with Crippen LogP contribution < -0.4 is 10.6 Å². The molecule has 14 heavy (non-hydrogen) atoms. The molecule has 0 saturated heterocycles. The van der Waals surface area contributed by atoms with E-state index in [9.17, 15) is 4.79 Å². The molecule has 82 valence electrons. The van der Waals surface area contributed by atoms with Gasteiger partial charge in [-0.3, -0.25) is 4.79 Å². The second-order valence-electron chi connectivity index (χ2n) is 3.88. The van der Waals surface area contributed by atoms with Crippen molar-refractivity contribution in [1.29, 1.82) is 0 Å². The molecule has 2 atom stereocenters. The smallest absolute Gasteiger partial charge is 0.217 e. The number of hydrogen-bond acceptors (Lipinski definition) is 3. The first kappa shape index (κ1) is 11.5. The van der Waals surface area contributed by atoms with Crippen molar-refractivity contribution in [2.75, 3.05) is 13.2 Å². The number of amides is 1. The SMILES string of the molecule is CC(=O)N[C@@H]1CCCC[C@H]1NCCO. The summed E-state index contributed by atoms with van der Waals surface area (Å²) in [6.07, 6.45) is 4.52. The van der Waals surface area contributed by atoms with Gasteiger partial charge in [-0.2, -0.15) is 0 Å². The molecule has 0 radical (unpaired) electrons. The van der Waals surface area contributed by atoms with Gasteiger partial charge in [0.05, 0.1) is 6.61 Å². The van der Waals surface area contributed by atoms with Crippen LogP contribution in [0.2, 0.25) is 0 Å². The second-order valence-corrected chi connectivity index (χ2v) is 3.88. The number of nitrogens with one attached hydrogen (secondary N) is 2. The van der Waals surface area contributed by atoms with E-state index < -0.39 is 0 Å². The zero-order chi connectivity index (χ0) is 10.4. The first-order valence-electron chi connectivity index (χ1n) is 5.35. The molecule has 0 aromatic heterocycles. The average Bonchev–Trinajstić information content (AvgIpc) is 2.16. The van der Waals surface area contributed by atoms with E-state index in [1.165, 1.54) is 12.8 Å². The molecule has 0 aromatic rings. The van der Waals surface area contributed by atoms with Gasteiger partial charge in [0, 0.05) is 25.6 Å². The number of aliphatic hydroxyl groups is 1. The number of carbonyl (C=O) groups excluding carboxylic acids is 1. The van der Waals surface area contributed by atoms with E-state index in [0.29, 0.717) is 12.6 Å². The Bertz CT molecular complexity index is 185. The molecule has 1 rings (SSSR count). The van der Waals surface area contributed by atoms with E-state index in [1.54, 1.807) is 6.92 Å². The first-order valence-corrected chi connectivity index (χ1v) is 5.35. The lowest BCUT2D eigenvalue weighted by atomic mass is 9.90. The molecule has 1 saturated carbocycles. The van der Waals surface area contributed by atoms with Crippen LogP contribution in [0.5, 0.6) is 0 Å². The third-order valence-electron chi connectivity index (χ3n) is 2.67. The maximum absolute atomic E-state index is 10.9. The zero-order valence-corrected chi connectivity index (χ0v) is 8.75. The maximum Gasteiger partial charge on any atom is 0.217 e. The topological polar surface area (TPSA) is 61.4 Å². The van der Waals surface area contributed by atoms with Crippen LogP contribution in [0.3, 0.4) is 0 Å². The van der Waals surface area contributed by atoms with Crippen LogP contribution in [-0.2, 0) is 4.79 Å². The molecule has 0 bridgehead atoms. The summed E-state index contributed by atoms with van der Waals surface area (Å²) >= 11 is 0. The summed E-state index contributed by atoms with van der Waals surface area (Å²) in [5.74, 6) is 0.0349. The minimum absolute atomic E-state index is 0.0349. The average molecular weight is 200 g/mol. The Kier molecular flexibility index (Phi) is 4.90. The molecule has 4 nitrogen and oxygen atoms in total. The van der Waals surface area contributed by atoms with Crippen molar-refractivity contribution in [2.24, 2.45) is 0 Å². The van der Waals surface area contributed by atoms with E-state index in [2.05, 4.69) is 10.6 Å². The predicted molar refractivity (Wildman–Crippen MR) is 54.9 cm³/mol. The Labute approximate surface area is 85.1 Å². The van der Waals surface area contributed by atoms with E-state index in [0.717, 1.165) is 12.8 Å². The quantitative estimate of drug-likeness (QED) is 0.599. The Morgan fingerprint density at radius 1 is 1.36 bits per heavy atom. The maximum atomic E-state index is 10.9. The number of aliphatic hydroxyl groups excluding tert-OH is 1. The van der Waals surface area contributed by atoms with Gasteiger partial charge in [-0.25, -0.2) is 0 Å². The predicted octanol–water partition coefficient (Wildman–Crippen LogP) is 0.0156. The summed E-state index contributed by atoms with van der Waals surface area (Å²) < 4.78 is 0. The molecule has 3 N–H and O–H groups in total. The second kappa shape index (κ2) is 5.98.